The van der Waals surface area contributed by atoms with Gasteiger partial charge in [0.05, 0.1) is 5.69 Å². The van der Waals surface area contributed by atoms with Crippen LogP contribution in [0.2, 0.25) is 0 Å². The van der Waals surface area contributed by atoms with Crippen LogP contribution in [0.5, 0.6) is 0 Å². The van der Waals surface area contributed by atoms with Crippen LogP contribution in [0.3, 0.4) is 0 Å². The third kappa shape index (κ3) is 1.60. The molecule has 3 nitrogen and oxygen atoms in total. The second-order valence-corrected chi connectivity index (χ2v) is 2.94. The molecule has 0 N–H and O–H groups in total. The first-order valence-electron chi connectivity index (χ1n) is 4.44. The summed E-state index contributed by atoms with van der Waals surface area (Å²) in [5, 5.41) is 4.30. The molecule has 0 aliphatic carbocycles. The summed E-state index contributed by atoms with van der Waals surface area (Å²) in [5.74, 6) is 1.21. The van der Waals surface area contributed by atoms with E-state index in [1.54, 1.807) is 0 Å². The molecular weight excluding hydrogens is 150 g/mol. The summed E-state index contributed by atoms with van der Waals surface area (Å²) in [6.07, 6.45) is 0. The van der Waals surface area contributed by atoms with Crippen LogP contribution >= 0.6 is 0 Å². The summed E-state index contributed by atoms with van der Waals surface area (Å²) in [7, 11) is 1.99. The van der Waals surface area contributed by atoms with Gasteiger partial charge in [-0.2, -0.15) is 5.10 Å². The molecule has 0 saturated heterocycles. The molecule has 1 rings (SSSR count). The van der Waals surface area contributed by atoms with Crippen LogP contribution in [0.15, 0.2) is 6.07 Å². The van der Waals surface area contributed by atoms with E-state index in [1.807, 2.05) is 18.7 Å². The van der Waals surface area contributed by atoms with Crippen LogP contribution in [0.1, 0.15) is 19.5 Å². The number of anilines is 1. The van der Waals surface area contributed by atoms with Gasteiger partial charge in [0.1, 0.15) is 5.82 Å². The van der Waals surface area contributed by atoms with Crippen molar-refractivity contribution in [3.05, 3.63) is 11.8 Å². The molecule has 0 saturated carbocycles. The minimum Gasteiger partial charge on any atom is -0.357 e. The van der Waals surface area contributed by atoms with Gasteiger partial charge in [-0.25, -0.2) is 0 Å². The van der Waals surface area contributed by atoms with E-state index < -0.39 is 0 Å². The molecule has 0 radical (unpaired) electrons. The summed E-state index contributed by atoms with van der Waals surface area (Å²) in [4.78, 5) is 2.29. The van der Waals surface area contributed by atoms with Gasteiger partial charge in [0.2, 0.25) is 0 Å². The Bertz CT molecular complexity index is 248. The van der Waals surface area contributed by atoms with Crippen molar-refractivity contribution in [2.75, 3.05) is 18.0 Å². The largest absolute Gasteiger partial charge is 0.357 e. The summed E-state index contributed by atoms with van der Waals surface area (Å²) in [6, 6.07) is 2.12. The zero-order valence-corrected chi connectivity index (χ0v) is 8.33. The molecule has 0 spiro atoms. The van der Waals surface area contributed by atoms with E-state index in [0.717, 1.165) is 18.8 Å². The molecule has 68 valence electrons. The second-order valence-electron chi connectivity index (χ2n) is 2.94. The predicted octanol–water partition coefficient (Wildman–Crippen LogP) is 1.57. The normalized spacial score (nSPS) is 10.3. The van der Waals surface area contributed by atoms with Gasteiger partial charge < -0.3 is 4.90 Å². The maximum absolute atomic E-state index is 4.30. The Kier molecular flexibility index (Phi) is 2.74. The van der Waals surface area contributed by atoms with Crippen molar-refractivity contribution in [3.63, 3.8) is 0 Å². The minimum atomic E-state index is 1.04. The van der Waals surface area contributed by atoms with Gasteiger partial charge in [-0.15, -0.1) is 0 Å². The van der Waals surface area contributed by atoms with Crippen molar-refractivity contribution < 1.29 is 0 Å². The van der Waals surface area contributed by atoms with E-state index >= 15 is 0 Å². The summed E-state index contributed by atoms with van der Waals surface area (Å²) < 4.78 is 1.93. The zero-order valence-electron chi connectivity index (χ0n) is 8.33. The Balaban J connectivity index is 2.91. The maximum Gasteiger partial charge on any atom is 0.126 e. The third-order valence-corrected chi connectivity index (χ3v) is 2.06. The molecule has 1 heterocycles. The molecular formula is C9H17N3. The van der Waals surface area contributed by atoms with Gasteiger partial charge >= 0.3 is 0 Å². The Hall–Kier alpha value is -0.990. The lowest BCUT2D eigenvalue weighted by molar-refractivity contribution is 0.715. The van der Waals surface area contributed by atoms with Crippen LogP contribution in [0.25, 0.3) is 0 Å². The van der Waals surface area contributed by atoms with Crippen molar-refractivity contribution in [1.29, 1.82) is 0 Å². The zero-order chi connectivity index (χ0) is 9.14. The highest BCUT2D eigenvalue weighted by Gasteiger charge is 2.06. The van der Waals surface area contributed by atoms with E-state index in [2.05, 4.69) is 29.9 Å². The molecule has 0 amide bonds. The van der Waals surface area contributed by atoms with Gasteiger partial charge in [0.15, 0.2) is 0 Å². The Labute approximate surface area is 74.0 Å². The average Bonchev–Trinajstić information content (AvgIpc) is 2.34. The highest BCUT2D eigenvalue weighted by Crippen LogP contribution is 2.13. The number of hydrogen-bond acceptors (Lipinski definition) is 2. The molecule has 0 aliphatic rings. The quantitative estimate of drug-likeness (QED) is 0.681. The molecule has 0 unspecified atom stereocenters. The summed E-state index contributed by atoms with van der Waals surface area (Å²) >= 11 is 0. The molecule has 12 heavy (non-hydrogen) atoms. The standard InChI is InChI=1S/C9H17N3/c1-5-12(6-2)9-7-8(3)10-11(9)4/h7H,5-6H2,1-4H3. The number of aryl methyl sites for hydroxylation is 2. The minimum absolute atomic E-state index is 1.04. The fourth-order valence-corrected chi connectivity index (χ4v) is 1.44. The first-order chi connectivity index (χ1) is 5.69. The Morgan fingerprint density at radius 2 is 2.00 bits per heavy atom. The number of aromatic nitrogens is 2. The topological polar surface area (TPSA) is 21.1 Å². The lowest BCUT2D eigenvalue weighted by Crippen LogP contribution is -2.24. The summed E-state index contributed by atoms with van der Waals surface area (Å²) in [5.41, 5.74) is 1.08. The van der Waals surface area contributed by atoms with E-state index in [0.29, 0.717) is 0 Å². The maximum atomic E-state index is 4.30. The monoisotopic (exact) mass is 167 g/mol. The van der Waals surface area contributed by atoms with Crippen LogP contribution < -0.4 is 4.90 Å². The van der Waals surface area contributed by atoms with E-state index in [1.165, 1.54) is 5.82 Å². The van der Waals surface area contributed by atoms with Crippen molar-refractivity contribution in [1.82, 2.24) is 9.78 Å². The van der Waals surface area contributed by atoms with Crippen LogP contribution in [-0.4, -0.2) is 22.9 Å². The molecule has 0 aromatic carbocycles. The fraction of sp³-hybridized carbons (Fsp3) is 0.667. The Morgan fingerprint density at radius 1 is 1.42 bits per heavy atom. The highest BCUT2D eigenvalue weighted by molar-refractivity contribution is 5.39. The van der Waals surface area contributed by atoms with Gasteiger partial charge in [0, 0.05) is 26.2 Å². The van der Waals surface area contributed by atoms with Gasteiger partial charge in [-0.3, -0.25) is 4.68 Å². The summed E-state index contributed by atoms with van der Waals surface area (Å²) in [6.45, 7) is 8.41. The van der Waals surface area contributed by atoms with Gasteiger partial charge in [-0.05, 0) is 20.8 Å². The molecule has 3 heteroatoms. The average molecular weight is 167 g/mol. The van der Waals surface area contributed by atoms with E-state index in [-0.39, 0.29) is 0 Å². The van der Waals surface area contributed by atoms with Crippen molar-refractivity contribution >= 4 is 5.82 Å². The first kappa shape index (κ1) is 9.10. The van der Waals surface area contributed by atoms with Crippen LogP contribution in [-0.2, 0) is 7.05 Å². The molecule has 0 atom stereocenters. The molecule has 0 fully saturated rings. The fourth-order valence-electron chi connectivity index (χ4n) is 1.44. The van der Waals surface area contributed by atoms with Crippen molar-refractivity contribution in [2.24, 2.45) is 7.05 Å². The molecule has 0 aliphatic heterocycles. The lowest BCUT2D eigenvalue weighted by Gasteiger charge is -2.19. The molecule has 1 aromatic heterocycles. The van der Waals surface area contributed by atoms with Crippen LogP contribution in [0.4, 0.5) is 5.82 Å². The van der Waals surface area contributed by atoms with Crippen molar-refractivity contribution in [3.8, 4) is 0 Å². The lowest BCUT2D eigenvalue weighted by atomic mass is 10.4. The van der Waals surface area contributed by atoms with Gasteiger partial charge in [0.25, 0.3) is 0 Å². The third-order valence-electron chi connectivity index (χ3n) is 2.06. The SMILES string of the molecule is CCN(CC)c1cc(C)nn1C. The number of rotatable bonds is 3. The number of hydrogen-bond donors (Lipinski definition) is 0. The van der Waals surface area contributed by atoms with E-state index in [4.69, 9.17) is 0 Å². The molecule has 0 bridgehead atoms. The van der Waals surface area contributed by atoms with Gasteiger partial charge in [-0.1, -0.05) is 0 Å². The second kappa shape index (κ2) is 3.61. The van der Waals surface area contributed by atoms with E-state index in [9.17, 15) is 0 Å². The molecule has 1 aromatic rings. The smallest absolute Gasteiger partial charge is 0.126 e. The van der Waals surface area contributed by atoms with Crippen molar-refractivity contribution in [2.45, 2.75) is 20.8 Å². The van der Waals surface area contributed by atoms with Crippen LogP contribution in [0, 0.1) is 6.92 Å². The number of nitrogens with zero attached hydrogens (tertiary/aromatic N) is 3. The highest BCUT2D eigenvalue weighted by atomic mass is 15.4. The predicted molar refractivity (Wildman–Crippen MR) is 51.5 cm³/mol. The Morgan fingerprint density at radius 3 is 2.33 bits per heavy atom. The first-order valence-corrected chi connectivity index (χ1v) is 4.44.